The largest absolute Gasteiger partial charge is 0.340 e. The van der Waals surface area contributed by atoms with Crippen molar-refractivity contribution in [2.24, 2.45) is 5.92 Å². The third-order valence-corrected chi connectivity index (χ3v) is 6.42. The van der Waals surface area contributed by atoms with E-state index >= 15 is 0 Å². The third kappa shape index (κ3) is 3.70. The number of likely N-dealkylation sites (tertiary alicyclic amines) is 2. The van der Waals surface area contributed by atoms with Gasteiger partial charge in [0.05, 0.1) is 5.41 Å². The summed E-state index contributed by atoms with van der Waals surface area (Å²) in [4.78, 5) is 14.1. The second-order valence-corrected chi connectivity index (χ2v) is 8.51. The summed E-state index contributed by atoms with van der Waals surface area (Å²) in [5.41, 5.74) is 2.54. The van der Waals surface area contributed by atoms with Crippen molar-refractivity contribution in [1.82, 2.24) is 24.9 Å². The number of aryl methyl sites for hydroxylation is 1. The van der Waals surface area contributed by atoms with Gasteiger partial charge in [0.15, 0.2) is 5.82 Å². The van der Waals surface area contributed by atoms with Gasteiger partial charge >= 0.3 is 0 Å². The zero-order valence-electron chi connectivity index (χ0n) is 16.9. The maximum absolute atomic E-state index is 5.42. The molecule has 3 aromatic rings. The monoisotopic (exact) mass is 389 g/mol. The molecule has 5 rings (SSSR count). The average molecular weight is 390 g/mol. The topological polar surface area (TPSA) is 58.3 Å². The first-order valence-corrected chi connectivity index (χ1v) is 10.4. The normalized spacial score (nSPS) is 25.2. The van der Waals surface area contributed by atoms with Crippen LogP contribution in [0.3, 0.4) is 0 Å². The predicted octanol–water partition coefficient (Wildman–Crippen LogP) is 3.05. The smallest absolute Gasteiger partial charge is 0.223 e. The van der Waals surface area contributed by atoms with E-state index in [0.717, 1.165) is 51.5 Å². The van der Waals surface area contributed by atoms with Gasteiger partial charge in [-0.25, -0.2) is 0 Å². The number of hydrogen-bond acceptors (Lipinski definition) is 6. The van der Waals surface area contributed by atoms with Gasteiger partial charge in [-0.3, -0.25) is 14.8 Å². The zero-order valence-corrected chi connectivity index (χ0v) is 16.9. The third-order valence-electron chi connectivity index (χ3n) is 6.42. The summed E-state index contributed by atoms with van der Waals surface area (Å²) in [5, 5.41) is 4.40. The highest BCUT2D eigenvalue weighted by Crippen LogP contribution is 2.44. The van der Waals surface area contributed by atoms with Gasteiger partial charge in [0.25, 0.3) is 0 Å². The number of hydrogen-bond donors (Lipinski definition) is 0. The van der Waals surface area contributed by atoms with E-state index < -0.39 is 0 Å². The van der Waals surface area contributed by atoms with Gasteiger partial charge in [-0.05, 0) is 36.1 Å². The molecule has 0 aliphatic carbocycles. The van der Waals surface area contributed by atoms with Crippen LogP contribution in [0.25, 0.3) is 0 Å². The van der Waals surface area contributed by atoms with Crippen LogP contribution in [0.4, 0.5) is 0 Å². The lowest BCUT2D eigenvalue weighted by Gasteiger charge is -2.42. The Kier molecular flexibility index (Phi) is 4.89. The first-order chi connectivity index (χ1) is 14.2. The Morgan fingerprint density at radius 3 is 2.59 bits per heavy atom. The van der Waals surface area contributed by atoms with Gasteiger partial charge in [0, 0.05) is 52.0 Å². The number of nitrogens with zero attached hydrogens (tertiary/aromatic N) is 5. The van der Waals surface area contributed by atoms with Crippen molar-refractivity contribution in [3.8, 4) is 0 Å². The molecule has 0 radical (unpaired) electrons. The number of fused-ring (bicyclic) bond motifs is 1. The molecule has 6 nitrogen and oxygen atoms in total. The van der Waals surface area contributed by atoms with Crippen molar-refractivity contribution in [3.63, 3.8) is 0 Å². The van der Waals surface area contributed by atoms with E-state index in [1.165, 1.54) is 11.1 Å². The lowest BCUT2D eigenvalue weighted by Crippen LogP contribution is -2.52. The fourth-order valence-electron chi connectivity index (χ4n) is 5.11. The van der Waals surface area contributed by atoms with E-state index in [9.17, 15) is 0 Å². The number of piperidine rings is 1. The molecule has 0 saturated carbocycles. The molecule has 2 fully saturated rings. The van der Waals surface area contributed by atoms with Gasteiger partial charge in [-0.15, -0.1) is 0 Å². The quantitative estimate of drug-likeness (QED) is 0.669. The molecular formula is C23H27N5O. The molecule has 6 heteroatoms. The summed E-state index contributed by atoms with van der Waals surface area (Å²) in [6, 6.07) is 14.9. The van der Waals surface area contributed by atoms with Crippen LogP contribution in [-0.4, -0.2) is 51.1 Å². The molecule has 29 heavy (non-hydrogen) atoms. The van der Waals surface area contributed by atoms with E-state index in [-0.39, 0.29) is 5.41 Å². The fraction of sp³-hybridized carbons (Fsp3) is 0.435. The second-order valence-electron chi connectivity index (χ2n) is 8.51. The molecule has 0 amide bonds. The molecule has 150 valence electrons. The zero-order chi connectivity index (χ0) is 19.7. The van der Waals surface area contributed by atoms with Crippen molar-refractivity contribution < 1.29 is 4.52 Å². The molecule has 0 unspecified atom stereocenters. The molecule has 2 aromatic heterocycles. The van der Waals surface area contributed by atoms with Gasteiger partial charge in [-0.2, -0.15) is 4.98 Å². The van der Waals surface area contributed by atoms with E-state index in [1.807, 2.05) is 25.4 Å². The van der Waals surface area contributed by atoms with Crippen LogP contribution in [0.5, 0.6) is 0 Å². The Bertz CT molecular complexity index is 905. The van der Waals surface area contributed by atoms with Crippen molar-refractivity contribution in [1.29, 1.82) is 0 Å². The van der Waals surface area contributed by atoms with Crippen LogP contribution in [0.1, 0.15) is 29.3 Å². The molecule has 4 heterocycles. The molecule has 0 spiro atoms. The van der Waals surface area contributed by atoms with Gasteiger partial charge in [0.1, 0.15) is 0 Å². The highest BCUT2D eigenvalue weighted by Gasteiger charge is 2.53. The minimum absolute atomic E-state index is 0.0764. The van der Waals surface area contributed by atoms with Crippen molar-refractivity contribution >= 4 is 0 Å². The molecular weight excluding hydrogens is 362 g/mol. The Morgan fingerprint density at radius 2 is 1.83 bits per heavy atom. The van der Waals surface area contributed by atoms with Crippen LogP contribution in [0, 0.1) is 12.8 Å². The SMILES string of the molecule is Cc1nc([C@]23CN(Cc4cccnc4)CC[C@H]2CN(Cc2ccccc2)C3)no1. The Hall–Kier alpha value is -2.57. The van der Waals surface area contributed by atoms with Crippen LogP contribution < -0.4 is 0 Å². The summed E-state index contributed by atoms with van der Waals surface area (Å²) < 4.78 is 5.42. The van der Waals surface area contributed by atoms with E-state index in [4.69, 9.17) is 9.51 Å². The molecule has 2 aliphatic heterocycles. The lowest BCUT2D eigenvalue weighted by molar-refractivity contribution is 0.104. The maximum atomic E-state index is 5.42. The molecule has 1 aromatic carbocycles. The summed E-state index contributed by atoms with van der Waals surface area (Å²) in [5.74, 6) is 2.08. The van der Waals surface area contributed by atoms with Crippen LogP contribution in [0.15, 0.2) is 59.4 Å². The number of rotatable bonds is 5. The predicted molar refractivity (Wildman–Crippen MR) is 110 cm³/mol. The van der Waals surface area contributed by atoms with E-state index in [0.29, 0.717) is 11.8 Å². The Balaban J connectivity index is 1.40. The van der Waals surface area contributed by atoms with Gasteiger partial charge < -0.3 is 4.52 Å². The number of pyridine rings is 1. The van der Waals surface area contributed by atoms with Crippen molar-refractivity contribution in [3.05, 3.63) is 77.7 Å². The standard InChI is InChI=1S/C23H27N5O/c1-18-25-22(26-29-18)23-16-27(14-20-8-5-10-24-12-20)11-9-21(23)15-28(17-23)13-19-6-3-2-4-7-19/h2-8,10,12,21H,9,11,13-17H2,1H3/t21-,23-/m0/s1. The average Bonchev–Trinajstić information content (AvgIpc) is 3.33. The molecule has 2 aliphatic rings. The number of aromatic nitrogens is 3. The highest BCUT2D eigenvalue weighted by molar-refractivity contribution is 5.21. The van der Waals surface area contributed by atoms with Crippen LogP contribution >= 0.6 is 0 Å². The first-order valence-electron chi connectivity index (χ1n) is 10.4. The van der Waals surface area contributed by atoms with Gasteiger partial charge in [-0.1, -0.05) is 41.6 Å². The first kappa shape index (κ1) is 18.5. The summed E-state index contributed by atoms with van der Waals surface area (Å²) in [6.45, 7) is 7.87. The molecule has 2 saturated heterocycles. The summed E-state index contributed by atoms with van der Waals surface area (Å²) in [7, 11) is 0. The molecule has 0 bridgehead atoms. The Labute approximate surface area is 171 Å². The molecule has 2 atom stereocenters. The number of benzene rings is 1. The van der Waals surface area contributed by atoms with Crippen LogP contribution in [0.2, 0.25) is 0 Å². The van der Waals surface area contributed by atoms with Crippen molar-refractivity contribution in [2.75, 3.05) is 26.2 Å². The minimum atomic E-state index is -0.0764. The van der Waals surface area contributed by atoms with E-state index in [1.54, 1.807) is 0 Å². The maximum Gasteiger partial charge on any atom is 0.223 e. The highest BCUT2D eigenvalue weighted by atomic mass is 16.5. The lowest BCUT2D eigenvalue weighted by atomic mass is 9.72. The molecule has 0 N–H and O–H groups in total. The van der Waals surface area contributed by atoms with E-state index in [2.05, 4.69) is 56.3 Å². The van der Waals surface area contributed by atoms with Crippen LogP contribution in [-0.2, 0) is 18.5 Å². The van der Waals surface area contributed by atoms with Gasteiger partial charge in [0.2, 0.25) is 5.89 Å². The summed E-state index contributed by atoms with van der Waals surface area (Å²) >= 11 is 0. The fourth-order valence-corrected chi connectivity index (χ4v) is 5.11. The minimum Gasteiger partial charge on any atom is -0.340 e. The Morgan fingerprint density at radius 1 is 1.03 bits per heavy atom. The second kappa shape index (κ2) is 7.69. The summed E-state index contributed by atoms with van der Waals surface area (Å²) in [6.07, 6.45) is 4.95. The van der Waals surface area contributed by atoms with Crippen molar-refractivity contribution in [2.45, 2.75) is 31.8 Å².